The van der Waals surface area contributed by atoms with Gasteiger partial charge >= 0.3 is 5.97 Å². The van der Waals surface area contributed by atoms with E-state index in [-0.39, 0.29) is 48.2 Å². The SMILES string of the molecule is CCOC(=O)[C@H]1[C@H]2C(=O)N(CCCCO)[C@H](C(=O)NC(C)(C)CC(C)(C)C)[C@H]2C=C[C@H]1C. The van der Waals surface area contributed by atoms with Crippen LogP contribution in [0.15, 0.2) is 12.2 Å². The van der Waals surface area contributed by atoms with E-state index in [0.29, 0.717) is 19.4 Å². The van der Waals surface area contributed by atoms with Gasteiger partial charge in [-0.15, -0.1) is 0 Å². The molecule has 5 atom stereocenters. The van der Waals surface area contributed by atoms with Gasteiger partial charge in [0, 0.05) is 24.6 Å². The first-order valence-electron chi connectivity index (χ1n) is 11.9. The van der Waals surface area contributed by atoms with Gasteiger partial charge in [-0.25, -0.2) is 0 Å². The summed E-state index contributed by atoms with van der Waals surface area (Å²) >= 11 is 0. The van der Waals surface area contributed by atoms with Crippen molar-refractivity contribution >= 4 is 17.8 Å². The Balaban J connectivity index is 2.37. The number of ether oxygens (including phenoxy) is 1. The molecule has 2 N–H and O–H groups in total. The summed E-state index contributed by atoms with van der Waals surface area (Å²) in [6.45, 7) is 14.7. The van der Waals surface area contributed by atoms with Crippen molar-refractivity contribution in [1.29, 1.82) is 0 Å². The predicted molar refractivity (Wildman–Crippen MR) is 124 cm³/mol. The van der Waals surface area contributed by atoms with Crippen molar-refractivity contribution in [2.45, 2.75) is 79.3 Å². The van der Waals surface area contributed by atoms with Crippen LogP contribution in [-0.4, -0.2) is 59.1 Å². The van der Waals surface area contributed by atoms with Gasteiger partial charge in [-0.2, -0.15) is 0 Å². The number of likely N-dealkylation sites (tertiary alicyclic amines) is 1. The Labute approximate surface area is 192 Å². The van der Waals surface area contributed by atoms with Gasteiger partial charge < -0.3 is 20.1 Å². The second-order valence-corrected chi connectivity index (χ2v) is 11.1. The van der Waals surface area contributed by atoms with Gasteiger partial charge in [0.15, 0.2) is 0 Å². The molecule has 0 saturated carbocycles. The zero-order valence-electron chi connectivity index (χ0n) is 20.8. The van der Waals surface area contributed by atoms with Gasteiger partial charge in [0.25, 0.3) is 0 Å². The Morgan fingerprint density at radius 3 is 2.38 bits per heavy atom. The molecule has 0 aromatic rings. The quantitative estimate of drug-likeness (QED) is 0.320. The fourth-order valence-electron chi connectivity index (χ4n) is 5.60. The van der Waals surface area contributed by atoms with Crippen LogP contribution in [0.2, 0.25) is 0 Å². The Kier molecular flexibility index (Phi) is 8.54. The Morgan fingerprint density at radius 1 is 1.16 bits per heavy atom. The highest BCUT2D eigenvalue weighted by atomic mass is 16.5. The minimum Gasteiger partial charge on any atom is -0.466 e. The van der Waals surface area contributed by atoms with Crippen LogP contribution in [0.25, 0.3) is 0 Å². The minimum absolute atomic E-state index is 0.0286. The summed E-state index contributed by atoms with van der Waals surface area (Å²) in [6, 6.07) is -0.675. The first-order valence-corrected chi connectivity index (χ1v) is 11.9. The number of carbonyl (C=O) groups is 3. The van der Waals surface area contributed by atoms with Gasteiger partial charge in [0.05, 0.1) is 18.4 Å². The number of esters is 1. The zero-order valence-corrected chi connectivity index (χ0v) is 20.8. The monoisotopic (exact) mass is 450 g/mol. The average molecular weight is 451 g/mol. The summed E-state index contributed by atoms with van der Waals surface area (Å²) in [5, 5.41) is 12.4. The summed E-state index contributed by atoms with van der Waals surface area (Å²) in [6.07, 6.45) is 5.81. The van der Waals surface area contributed by atoms with E-state index in [2.05, 4.69) is 26.1 Å². The highest BCUT2D eigenvalue weighted by Crippen LogP contribution is 2.44. The maximum Gasteiger partial charge on any atom is 0.310 e. The summed E-state index contributed by atoms with van der Waals surface area (Å²) < 4.78 is 5.30. The van der Waals surface area contributed by atoms with Crippen LogP contribution >= 0.6 is 0 Å². The molecule has 2 amide bonds. The molecular weight excluding hydrogens is 408 g/mol. The fourth-order valence-corrected chi connectivity index (χ4v) is 5.60. The van der Waals surface area contributed by atoms with Crippen molar-refractivity contribution in [3.05, 3.63) is 12.2 Å². The molecule has 182 valence electrons. The topological polar surface area (TPSA) is 95.9 Å². The number of rotatable bonds is 9. The molecule has 0 unspecified atom stereocenters. The first kappa shape index (κ1) is 26.4. The molecule has 7 nitrogen and oxygen atoms in total. The lowest BCUT2D eigenvalue weighted by Crippen LogP contribution is -2.54. The molecule has 0 aromatic heterocycles. The lowest BCUT2D eigenvalue weighted by Gasteiger charge is -2.36. The lowest BCUT2D eigenvalue weighted by molar-refractivity contribution is -0.155. The van der Waals surface area contributed by atoms with E-state index in [0.717, 1.165) is 6.42 Å². The van der Waals surface area contributed by atoms with E-state index in [4.69, 9.17) is 4.74 Å². The molecule has 0 bridgehead atoms. The third kappa shape index (κ3) is 6.12. The molecule has 1 aliphatic carbocycles. The maximum absolute atomic E-state index is 13.6. The molecule has 7 heteroatoms. The second kappa shape index (κ2) is 10.4. The summed E-state index contributed by atoms with van der Waals surface area (Å²) in [5.41, 5.74) is -0.416. The molecular formula is C25H42N2O5. The number of aliphatic hydroxyl groups excluding tert-OH is 1. The van der Waals surface area contributed by atoms with Crippen molar-refractivity contribution in [2.24, 2.45) is 29.1 Å². The standard InChI is InChI=1S/C25H42N2O5/c1-8-32-23(31)18-16(2)11-12-17-19(18)22(30)27(13-9-10-14-28)20(17)21(29)26-25(6,7)15-24(3,4)5/h11-12,16-20,28H,8-10,13-15H2,1-7H3,(H,26,29)/t16-,17+,18-,19+,20+/m1/s1. The molecule has 32 heavy (non-hydrogen) atoms. The van der Waals surface area contributed by atoms with Gasteiger partial charge in [-0.05, 0) is 51.4 Å². The summed E-state index contributed by atoms with van der Waals surface area (Å²) in [5.74, 6) is -2.47. The number of unbranched alkanes of at least 4 members (excludes halogenated alkanes) is 1. The van der Waals surface area contributed by atoms with E-state index in [1.807, 2.05) is 32.9 Å². The normalized spacial score (nSPS) is 27.9. The van der Waals surface area contributed by atoms with E-state index in [1.165, 1.54) is 0 Å². The lowest BCUT2D eigenvalue weighted by atomic mass is 9.70. The zero-order chi connectivity index (χ0) is 24.3. The Hall–Kier alpha value is -1.89. The van der Waals surface area contributed by atoms with Crippen LogP contribution in [-0.2, 0) is 19.1 Å². The first-order chi connectivity index (χ1) is 14.8. The number of carbonyl (C=O) groups excluding carboxylic acids is 3. The van der Waals surface area contributed by atoms with Gasteiger partial charge in [0.2, 0.25) is 11.8 Å². The number of nitrogens with zero attached hydrogens (tertiary/aromatic N) is 1. The van der Waals surface area contributed by atoms with Crippen LogP contribution in [0.5, 0.6) is 0 Å². The molecule has 0 radical (unpaired) electrons. The molecule has 1 aliphatic heterocycles. The average Bonchev–Trinajstić information content (AvgIpc) is 2.92. The highest BCUT2D eigenvalue weighted by Gasteiger charge is 2.57. The summed E-state index contributed by atoms with van der Waals surface area (Å²) in [4.78, 5) is 41.5. The van der Waals surface area contributed by atoms with Gasteiger partial charge in [0.1, 0.15) is 6.04 Å². The smallest absolute Gasteiger partial charge is 0.310 e. The van der Waals surface area contributed by atoms with Crippen molar-refractivity contribution in [2.75, 3.05) is 19.8 Å². The van der Waals surface area contributed by atoms with Crippen LogP contribution in [0.4, 0.5) is 0 Å². The van der Waals surface area contributed by atoms with Crippen molar-refractivity contribution in [1.82, 2.24) is 10.2 Å². The number of fused-ring (bicyclic) bond motifs is 1. The van der Waals surface area contributed by atoms with Crippen LogP contribution in [0.3, 0.4) is 0 Å². The maximum atomic E-state index is 13.6. The minimum atomic E-state index is -0.675. The van der Waals surface area contributed by atoms with E-state index in [1.54, 1.807) is 11.8 Å². The largest absolute Gasteiger partial charge is 0.466 e. The van der Waals surface area contributed by atoms with Crippen LogP contribution in [0, 0.1) is 29.1 Å². The molecule has 2 aliphatic rings. The van der Waals surface area contributed by atoms with E-state index in [9.17, 15) is 19.5 Å². The third-order valence-electron chi connectivity index (χ3n) is 6.34. The number of allylic oxidation sites excluding steroid dienone is 1. The molecule has 0 aromatic carbocycles. The number of hydrogen-bond acceptors (Lipinski definition) is 5. The van der Waals surface area contributed by atoms with Crippen molar-refractivity contribution in [3.8, 4) is 0 Å². The number of aliphatic hydroxyl groups is 1. The molecule has 1 saturated heterocycles. The Morgan fingerprint density at radius 2 is 1.81 bits per heavy atom. The number of amides is 2. The fraction of sp³-hybridized carbons (Fsp3) is 0.800. The summed E-state index contributed by atoms with van der Waals surface area (Å²) in [7, 11) is 0. The second-order valence-electron chi connectivity index (χ2n) is 11.1. The van der Waals surface area contributed by atoms with Crippen molar-refractivity contribution < 1.29 is 24.2 Å². The molecule has 2 rings (SSSR count). The molecule has 0 spiro atoms. The van der Waals surface area contributed by atoms with Crippen LogP contribution in [0.1, 0.15) is 67.7 Å². The molecule has 1 heterocycles. The number of hydrogen-bond donors (Lipinski definition) is 2. The number of nitrogens with one attached hydrogen (secondary N) is 1. The van der Waals surface area contributed by atoms with E-state index >= 15 is 0 Å². The van der Waals surface area contributed by atoms with Gasteiger partial charge in [-0.1, -0.05) is 39.8 Å². The third-order valence-corrected chi connectivity index (χ3v) is 6.34. The van der Waals surface area contributed by atoms with Gasteiger partial charge in [-0.3, -0.25) is 14.4 Å². The highest BCUT2D eigenvalue weighted by molar-refractivity contribution is 5.96. The van der Waals surface area contributed by atoms with Crippen molar-refractivity contribution in [3.63, 3.8) is 0 Å². The Bertz CT molecular complexity index is 724. The molecule has 1 fully saturated rings. The van der Waals surface area contributed by atoms with Crippen LogP contribution < -0.4 is 5.32 Å². The predicted octanol–water partition coefficient (Wildman–Crippen LogP) is 2.92. The van der Waals surface area contributed by atoms with E-state index < -0.39 is 23.4 Å².